The molecule has 9 heavy (non-hydrogen) atoms. The smallest absolute Gasteiger partial charge is 0.0577 e. The van der Waals surface area contributed by atoms with Crippen LogP contribution in [-0.4, -0.2) is 11.2 Å². The second kappa shape index (κ2) is 1.84. The van der Waals surface area contributed by atoms with Crippen molar-refractivity contribution in [3.63, 3.8) is 0 Å². The topological polar surface area (TPSA) is 20.2 Å². The van der Waals surface area contributed by atoms with Crippen molar-refractivity contribution < 1.29 is 5.11 Å². The summed E-state index contributed by atoms with van der Waals surface area (Å²) < 4.78 is 0. The second-order valence-electron chi connectivity index (χ2n) is 3.14. The molecule has 1 N–H and O–H groups in total. The number of hydrogen-bond donors (Lipinski definition) is 1. The second-order valence-corrected chi connectivity index (χ2v) is 3.14. The van der Waals surface area contributed by atoms with E-state index < -0.39 is 0 Å². The van der Waals surface area contributed by atoms with Gasteiger partial charge >= 0.3 is 0 Å². The van der Waals surface area contributed by atoms with Crippen molar-refractivity contribution in [1.82, 2.24) is 0 Å². The zero-order valence-corrected chi connectivity index (χ0v) is 5.46. The van der Waals surface area contributed by atoms with E-state index in [1.165, 1.54) is 6.42 Å². The summed E-state index contributed by atoms with van der Waals surface area (Å²) in [5, 5.41) is 9.36. The van der Waals surface area contributed by atoms with E-state index in [2.05, 4.69) is 12.2 Å². The first kappa shape index (κ1) is 5.48. The summed E-state index contributed by atoms with van der Waals surface area (Å²) in [7, 11) is 0. The van der Waals surface area contributed by atoms with E-state index in [1.807, 2.05) is 0 Å². The molecule has 2 aliphatic rings. The molecule has 50 valence electrons. The Hall–Kier alpha value is -0.300. The first-order valence-electron chi connectivity index (χ1n) is 3.72. The maximum absolute atomic E-state index is 9.36. The maximum Gasteiger partial charge on any atom is 0.0577 e. The Morgan fingerprint density at radius 2 is 2.33 bits per heavy atom. The summed E-state index contributed by atoms with van der Waals surface area (Å²) >= 11 is 0. The minimum absolute atomic E-state index is 0.00463. The van der Waals surface area contributed by atoms with Gasteiger partial charge in [-0.15, -0.1) is 0 Å². The molecule has 0 aromatic rings. The number of rotatable bonds is 0. The van der Waals surface area contributed by atoms with Crippen molar-refractivity contribution in [3.05, 3.63) is 12.2 Å². The quantitative estimate of drug-likeness (QED) is 0.483. The molecule has 0 aromatic carbocycles. The van der Waals surface area contributed by atoms with Crippen LogP contribution in [0.2, 0.25) is 0 Å². The molecule has 0 spiro atoms. The van der Waals surface area contributed by atoms with Gasteiger partial charge in [-0.3, -0.25) is 0 Å². The highest BCUT2D eigenvalue weighted by Crippen LogP contribution is 2.45. The molecule has 1 nitrogen and oxygen atoms in total. The fourth-order valence-corrected chi connectivity index (χ4v) is 1.65. The van der Waals surface area contributed by atoms with E-state index >= 15 is 0 Å². The lowest BCUT2D eigenvalue weighted by molar-refractivity contribution is 0.141. The molecule has 1 fully saturated rings. The van der Waals surface area contributed by atoms with Crippen LogP contribution in [0.25, 0.3) is 0 Å². The highest BCUT2D eigenvalue weighted by molar-refractivity contribution is 5.07. The van der Waals surface area contributed by atoms with Crippen LogP contribution in [0.3, 0.4) is 0 Å². The lowest BCUT2D eigenvalue weighted by Gasteiger charge is -2.03. The molecule has 2 aliphatic carbocycles. The Kier molecular flexibility index (Phi) is 1.12. The van der Waals surface area contributed by atoms with Gasteiger partial charge in [0.1, 0.15) is 0 Å². The Morgan fingerprint density at radius 1 is 1.44 bits per heavy atom. The van der Waals surface area contributed by atoms with E-state index in [0.29, 0.717) is 5.92 Å². The maximum atomic E-state index is 9.36. The fraction of sp³-hybridized carbons (Fsp3) is 0.750. The average molecular weight is 124 g/mol. The number of hydrogen-bond acceptors (Lipinski definition) is 1. The predicted octanol–water partition coefficient (Wildman–Crippen LogP) is 1.33. The van der Waals surface area contributed by atoms with Gasteiger partial charge in [0.15, 0.2) is 0 Å². The van der Waals surface area contributed by atoms with Crippen LogP contribution in [-0.2, 0) is 0 Å². The van der Waals surface area contributed by atoms with Crippen molar-refractivity contribution in [2.45, 2.75) is 25.4 Å². The van der Waals surface area contributed by atoms with Crippen LogP contribution in [0, 0.1) is 11.8 Å². The molecule has 0 aliphatic heterocycles. The van der Waals surface area contributed by atoms with Crippen molar-refractivity contribution >= 4 is 0 Å². The monoisotopic (exact) mass is 124 g/mol. The summed E-state index contributed by atoms with van der Waals surface area (Å²) in [6.45, 7) is 0. The van der Waals surface area contributed by atoms with Crippen LogP contribution in [0.4, 0.5) is 0 Å². The lowest BCUT2D eigenvalue weighted by Crippen LogP contribution is -2.08. The molecular weight excluding hydrogens is 112 g/mol. The molecule has 0 saturated heterocycles. The molecule has 0 amide bonds. The minimum Gasteiger partial charge on any atom is -0.393 e. The van der Waals surface area contributed by atoms with E-state index in [0.717, 1.165) is 18.8 Å². The summed E-state index contributed by atoms with van der Waals surface area (Å²) in [6, 6.07) is 0. The standard InChI is InChI=1S/C8H12O/c9-8-4-2-1-3-6-5-7(6)8/h1,3,6-9H,2,4-5H2/t6-,7+,8-/m0/s1. The number of allylic oxidation sites excluding steroid dienone is 2. The number of fused-ring (bicyclic) bond motifs is 1. The van der Waals surface area contributed by atoms with Crippen LogP contribution in [0.15, 0.2) is 12.2 Å². The van der Waals surface area contributed by atoms with E-state index in [9.17, 15) is 5.11 Å². The first-order chi connectivity index (χ1) is 4.38. The molecule has 0 bridgehead atoms. The van der Waals surface area contributed by atoms with Gasteiger partial charge in [-0.2, -0.15) is 0 Å². The SMILES string of the molecule is O[C@H]1CCC=C[C@H]2C[C@@H]12. The van der Waals surface area contributed by atoms with E-state index in [1.54, 1.807) is 0 Å². The third-order valence-corrected chi connectivity index (χ3v) is 2.40. The summed E-state index contributed by atoms with van der Waals surface area (Å²) in [5.41, 5.74) is 0. The molecule has 0 aromatic heterocycles. The fourth-order valence-electron chi connectivity index (χ4n) is 1.65. The highest BCUT2D eigenvalue weighted by atomic mass is 16.3. The predicted molar refractivity (Wildman–Crippen MR) is 36.0 cm³/mol. The van der Waals surface area contributed by atoms with Gasteiger partial charge in [-0.25, -0.2) is 0 Å². The third-order valence-electron chi connectivity index (χ3n) is 2.40. The highest BCUT2D eigenvalue weighted by Gasteiger charge is 2.40. The normalized spacial score (nSPS) is 47.9. The van der Waals surface area contributed by atoms with Crippen LogP contribution >= 0.6 is 0 Å². The zero-order valence-electron chi connectivity index (χ0n) is 5.46. The van der Waals surface area contributed by atoms with E-state index in [4.69, 9.17) is 0 Å². The molecule has 3 atom stereocenters. The molecule has 0 heterocycles. The summed E-state index contributed by atoms with van der Waals surface area (Å²) in [4.78, 5) is 0. The van der Waals surface area contributed by atoms with Gasteiger partial charge in [0.25, 0.3) is 0 Å². The van der Waals surface area contributed by atoms with Crippen LogP contribution < -0.4 is 0 Å². The Bertz CT molecular complexity index is 140. The number of aliphatic hydroxyl groups is 1. The minimum atomic E-state index is 0.00463. The van der Waals surface area contributed by atoms with Crippen molar-refractivity contribution in [1.29, 1.82) is 0 Å². The molecule has 0 radical (unpaired) electrons. The van der Waals surface area contributed by atoms with Gasteiger partial charge < -0.3 is 5.11 Å². The largest absolute Gasteiger partial charge is 0.393 e. The van der Waals surface area contributed by atoms with Gasteiger partial charge in [0, 0.05) is 0 Å². The molecule has 2 rings (SSSR count). The van der Waals surface area contributed by atoms with E-state index in [-0.39, 0.29) is 6.10 Å². The molecule has 0 unspecified atom stereocenters. The Balaban J connectivity index is 2.06. The average Bonchev–Trinajstić information content (AvgIpc) is 2.55. The van der Waals surface area contributed by atoms with Gasteiger partial charge in [0.05, 0.1) is 6.10 Å². The molecular formula is C8H12O. The van der Waals surface area contributed by atoms with Crippen LogP contribution in [0.1, 0.15) is 19.3 Å². The molecule has 1 heteroatoms. The van der Waals surface area contributed by atoms with Gasteiger partial charge in [-0.1, -0.05) is 12.2 Å². The Morgan fingerprint density at radius 3 is 3.22 bits per heavy atom. The van der Waals surface area contributed by atoms with Gasteiger partial charge in [-0.05, 0) is 31.1 Å². The lowest BCUT2D eigenvalue weighted by atomic mass is 10.1. The first-order valence-corrected chi connectivity index (χ1v) is 3.72. The van der Waals surface area contributed by atoms with Gasteiger partial charge in [0.2, 0.25) is 0 Å². The van der Waals surface area contributed by atoms with Crippen molar-refractivity contribution in [3.8, 4) is 0 Å². The summed E-state index contributed by atoms with van der Waals surface area (Å²) in [5.74, 6) is 1.37. The van der Waals surface area contributed by atoms with Crippen LogP contribution in [0.5, 0.6) is 0 Å². The molecule has 1 saturated carbocycles. The summed E-state index contributed by atoms with van der Waals surface area (Å²) in [6.07, 6.45) is 7.77. The van der Waals surface area contributed by atoms with Crippen molar-refractivity contribution in [2.75, 3.05) is 0 Å². The number of aliphatic hydroxyl groups excluding tert-OH is 1. The zero-order chi connectivity index (χ0) is 6.27. The van der Waals surface area contributed by atoms with Crippen molar-refractivity contribution in [2.24, 2.45) is 11.8 Å². The third kappa shape index (κ3) is 0.897. The Labute approximate surface area is 55.4 Å².